The summed E-state index contributed by atoms with van der Waals surface area (Å²) in [4.78, 5) is 0. The van der Waals surface area contributed by atoms with Crippen LogP contribution in [-0.4, -0.2) is 17.8 Å². The molecule has 0 bridgehead atoms. The number of halogens is 2. The van der Waals surface area contributed by atoms with E-state index in [0.29, 0.717) is 0 Å². The van der Waals surface area contributed by atoms with E-state index in [-0.39, 0.29) is 5.56 Å². The van der Waals surface area contributed by atoms with Gasteiger partial charge in [-0.1, -0.05) is 0 Å². The van der Waals surface area contributed by atoms with E-state index in [1.165, 1.54) is 7.11 Å². The summed E-state index contributed by atoms with van der Waals surface area (Å²) < 4.78 is 30.8. The summed E-state index contributed by atoms with van der Waals surface area (Å²) in [5, 5.41) is 9.84. The van der Waals surface area contributed by atoms with E-state index in [1.54, 1.807) is 13.8 Å². The maximum atomic E-state index is 12.9. The van der Waals surface area contributed by atoms with Crippen LogP contribution in [0.1, 0.15) is 25.5 Å². The van der Waals surface area contributed by atoms with Crippen molar-refractivity contribution in [3.05, 3.63) is 35.4 Å². The molecule has 1 N–H and O–H groups in total. The average molecular weight is 216 g/mol. The van der Waals surface area contributed by atoms with Crippen LogP contribution in [0.4, 0.5) is 8.78 Å². The predicted molar refractivity (Wildman–Crippen MR) is 52.4 cm³/mol. The third-order valence-corrected chi connectivity index (χ3v) is 2.39. The fraction of sp³-hybridized carbons (Fsp3) is 0.455. The van der Waals surface area contributed by atoms with Crippen molar-refractivity contribution in [2.75, 3.05) is 7.11 Å². The quantitative estimate of drug-likeness (QED) is 0.840. The molecule has 0 amide bonds. The van der Waals surface area contributed by atoms with Crippen LogP contribution in [0, 0.1) is 11.6 Å². The zero-order valence-electron chi connectivity index (χ0n) is 8.92. The number of benzene rings is 1. The van der Waals surface area contributed by atoms with E-state index in [1.807, 2.05) is 0 Å². The number of ether oxygens (including phenoxy) is 1. The summed E-state index contributed by atoms with van der Waals surface area (Å²) in [7, 11) is 1.43. The Labute approximate surface area is 87.5 Å². The molecule has 1 atom stereocenters. The molecule has 0 aliphatic heterocycles. The minimum Gasteiger partial charge on any atom is -0.385 e. The minimum absolute atomic E-state index is 0.166. The van der Waals surface area contributed by atoms with Gasteiger partial charge in [0, 0.05) is 13.2 Å². The fourth-order valence-corrected chi connectivity index (χ4v) is 1.25. The molecule has 15 heavy (non-hydrogen) atoms. The number of rotatable bonds is 3. The van der Waals surface area contributed by atoms with E-state index in [9.17, 15) is 13.9 Å². The molecule has 2 nitrogen and oxygen atoms in total. The van der Waals surface area contributed by atoms with Gasteiger partial charge in [0.05, 0.1) is 5.60 Å². The van der Waals surface area contributed by atoms with Gasteiger partial charge in [0.1, 0.15) is 17.7 Å². The lowest BCUT2D eigenvalue weighted by atomic mass is 9.94. The summed E-state index contributed by atoms with van der Waals surface area (Å²) in [6, 6.07) is 2.94. The first-order valence-electron chi connectivity index (χ1n) is 4.56. The highest BCUT2D eigenvalue weighted by Crippen LogP contribution is 2.28. The molecule has 0 radical (unpaired) electrons. The maximum absolute atomic E-state index is 12.9. The molecule has 0 saturated carbocycles. The molecule has 1 aromatic rings. The van der Waals surface area contributed by atoms with Crippen molar-refractivity contribution in [2.45, 2.75) is 25.6 Å². The van der Waals surface area contributed by atoms with Crippen molar-refractivity contribution in [1.29, 1.82) is 0 Å². The van der Waals surface area contributed by atoms with Crippen LogP contribution in [0.2, 0.25) is 0 Å². The zero-order chi connectivity index (χ0) is 11.6. The Morgan fingerprint density at radius 3 is 2.07 bits per heavy atom. The van der Waals surface area contributed by atoms with Crippen LogP contribution in [-0.2, 0) is 4.74 Å². The number of hydrogen-bond acceptors (Lipinski definition) is 2. The fourth-order valence-electron chi connectivity index (χ4n) is 1.25. The van der Waals surface area contributed by atoms with Gasteiger partial charge in [0.2, 0.25) is 0 Å². The molecule has 1 unspecified atom stereocenters. The van der Waals surface area contributed by atoms with Crippen molar-refractivity contribution in [1.82, 2.24) is 0 Å². The predicted octanol–water partition coefficient (Wildman–Crippen LogP) is 2.42. The van der Waals surface area contributed by atoms with Crippen molar-refractivity contribution >= 4 is 0 Å². The first-order chi connectivity index (χ1) is 6.86. The lowest BCUT2D eigenvalue weighted by molar-refractivity contribution is -0.0795. The first-order valence-corrected chi connectivity index (χ1v) is 4.56. The Balaban J connectivity index is 3.06. The van der Waals surface area contributed by atoms with Crippen molar-refractivity contribution in [3.8, 4) is 0 Å². The minimum atomic E-state index is -1.08. The van der Waals surface area contributed by atoms with Gasteiger partial charge in [0.25, 0.3) is 0 Å². The van der Waals surface area contributed by atoms with Crippen LogP contribution in [0.15, 0.2) is 18.2 Å². The normalized spacial score (nSPS) is 14.0. The Morgan fingerprint density at radius 1 is 1.20 bits per heavy atom. The molecule has 4 heteroatoms. The molecule has 0 fully saturated rings. The molecule has 0 saturated heterocycles. The standard InChI is InChI=1S/C11H14F2O2/c1-11(2,15-3)10(14)7-4-8(12)6-9(13)5-7/h4-6,10,14H,1-3H3. The van der Waals surface area contributed by atoms with Crippen LogP contribution < -0.4 is 0 Å². The first kappa shape index (κ1) is 12.1. The van der Waals surface area contributed by atoms with Crippen LogP contribution in [0.25, 0.3) is 0 Å². The van der Waals surface area contributed by atoms with E-state index < -0.39 is 23.3 Å². The highest BCUT2D eigenvalue weighted by molar-refractivity contribution is 5.22. The number of methoxy groups -OCH3 is 1. The van der Waals surface area contributed by atoms with Gasteiger partial charge >= 0.3 is 0 Å². The molecule has 0 aliphatic rings. The third kappa shape index (κ3) is 2.73. The van der Waals surface area contributed by atoms with E-state index in [0.717, 1.165) is 18.2 Å². The molecule has 1 aromatic carbocycles. The molecule has 0 heterocycles. The summed E-state index contributed by atoms with van der Waals surface area (Å²) in [6.45, 7) is 3.28. The van der Waals surface area contributed by atoms with E-state index in [4.69, 9.17) is 4.74 Å². The summed E-state index contributed by atoms with van der Waals surface area (Å²) in [5.74, 6) is -1.42. The Kier molecular flexibility index (Phi) is 3.42. The zero-order valence-corrected chi connectivity index (χ0v) is 8.92. The Hall–Kier alpha value is -1.00. The molecule has 84 valence electrons. The second-order valence-corrected chi connectivity index (χ2v) is 3.91. The second-order valence-electron chi connectivity index (χ2n) is 3.91. The van der Waals surface area contributed by atoms with Gasteiger partial charge in [0.15, 0.2) is 0 Å². The molecule has 1 rings (SSSR count). The van der Waals surface area contributed by atoms with Gasteiger partial charge < -0.3 is 9.84 Å². The molecular formula is C11H14F2O2. The maximum Gasteiger partial charge on any atom is 0.126 e. The third-order valence-electron chi connectivity index (χ3n) is 2.39. The van der Waals surface area contributed by atoms with Gasteiger partial charge in [-0.15, -0.1) is 0 Å². The second kappa shape index (κ2) is 4.24. The summed E-state index contributed by atoms with van der Waals surface area (Å²) in [6.07, 6.45) is -1.08. The van der Waals surface area contributed by atoms with Gasteiger partial charge in [-0.3, -0.25) is 0 Å². The largest absolute Gasteiger partial charge is 0.385 e. The lowest BCUT2D eigenvalue weighted by Crippen LogP contribution is -2.31. The van der Waals surface area contributed by atoms with Crippen molar-refractivity contribution < 1.29 is 18.6 Å². The summed E-state index contributed by atoms with van der Waals surface area (Å²) >= 11 is 0. The van der Waals surface area contributed by atoms with Crippen molar-refractivity contribution in [3.63, 3.8) is 0 Å². The average Bonchev–Trinajstić information content (AvgIpc) is 2.15. The SMILES string of the molecule is COC(C)(C)C(O)c1cc(F)cc(F)c1. The van der Waals surface area contributed by atoms with Crippen LogP contribution in [0.3, 0.4) is 0 Å². The van der Waals surface area contributed by atoms with Crippen LogP contribution >= 0.6 is 0 Å². The highest BCUT2D eigenvalue weighted by atomic mass is 19.1. The topological polar surface area (TPSA) is 29.5 Å². The number of aliphatic hydroxyl groups excluding tert-OH is 1. The lowest BCUT2D eigenvalue weighted by Gasteiger charge is -2.29. The van der Waals surface area contributed by atoms with E-state index >= 15 is 0 Å². The molecular weight excluding hydrogens is 202 g/mol. The smallest absolute Gasteiger partial charge is 0.126 e. The Morgan fingerprint density at radius 2 is 1.67 bits per heavy atom. The van der Waals surface area contributed by atoms with Gasteiger partial charge in [-0.25, -0.2) is 8.78 Å². The number of aliphatic hydroxyl groups is 1. The van der Waals surface area contributed by atoms with Gasteiger partial charge in [-0.2, -0.15) is 0 Å². The highest BCUT2D eigenvalue weighted by Gasteiger charge is 2.29. The Bertz CT molecular complexity index is 330. The number of hydrogen-bond donors (Lipinski definition) is 1. The molecule has 0 aliphatic carbocycles. The monoisotopic (exact) mass is 216 g/mol. The van der Waals surface area contributed by atoms with Crippen molar-refractivity contribution in [2.24, 2.45) is 0 Å². The molecule has 0 aromatic heterocycles. The summed E-state index contributed by atoms with van der Waals surface area (Å²) in [5.41, 5.74) is -0.723. The van der Waals surface area contributed by atoms with Crippen LogP contribution in [0.5, 0.6) is 0 Å². The molecule has 0 spiro atoms. The van der Waals surface area contributed by atoms with Gasteiger partial charge in [-0.05, 0) is 31.5 Å². The van der Waals surface area contributed by atoms with E-state index in [2.05, 4.69) is 0 Å².